The summed E-state index contributed by atoms with van der Waals surface area (Å²) in [7, 11) is -10.5. The number of ether oxygens (including phenoxy) is 3. The van der Waals surface area contributed by atoms with Gasteiger partial charge in [-0.05, 0) is 84.6 Å². The zero-order valence-corrected chi connectivity index (χ0v) is 33.8. The molecule has 2 heterocycles. The molecule has 4 atom stereocenters. The third kappa shape index (κ3) is 13.4. The Kier molecular flexibility index (Phi) is 15.4. The first-order valence-corrected chi connectivity index (χ1v) is 20.9. The maximum absolute atomic E-state index is 14.0. The summed E-state index contributed by atoms with van der Waals surface area (Å²) >= 11 is 0. The SMILES string of the molecule is CCCCC(=O)Oc1ccc(COP(=O)(OCc2ccc(OC(=O)c3ccc(C(F)(F)F)cc3)cc2)OP(=O)(O)OCC2O[C@@H](n3cc(C)c(=O)[nH]c3=O)C=C2N=[N+]=[N-])cc1. The number of nitrogens with one attached hydrogen (secondary N) is 1. The van der Waals surface area contributed by atoms with Crippen molar-refractivity contribution < 1.29 is 68.9 Å². The van der Waals surface area contributed by atoms with E-state index in [1.54, 1.807) is 0 Å². The van der Waals surface area contributed by atoms with E-state index in [2.05, 4.69) is 15.0 Å². The normalized spacial score (nSPS) is 17.0. The van der Waals surface area contributed by atoms with Gasteiger partial charge in [0, 0.05) is 28.8 Å². The number of aromatic amines is 1. The van der Waals surface area contributed by atoms with Crippen molar-refractivity contribution in [3.63, 3.8) is 0 Å². The molecule has 0 spiro atoms. The van der Waals surface area contributed by atoms with Gasteiger partial charge in [0.15, 0.2) is 6.23 Å². The summed E-state index contributed by atoms with van der Waals surface area (Å²) in [6, 6.07) is 14.4. The van der Waals surface area contributed by atoms with Crippen LogP contribution in [0.25, 0.3) is 10.4 Å². The number of H-pyrrole nitrogens is 1. The van der Waals surface area contributed by atoms with Gasteiger partial charge in [-0.1, -0.05) is 42.7 Å². The molecule has 24 heteroatoms. The van der Waals surface area contributed by atoms with Crippen LogP contribution in [0.1, 0.15) is 65.0 Å². The van der Waals surface area contributed by atoms with E-state index < -0.39 is 82.7 Å². The second-order valence-electron chi connectivity index (χ2n) is 12.9. The Balaban J connectivity index is 1.27. The van der Waals surface area contributed by atoms with E-state index >= 15 is 0 Å². The van der Waals surface area contributed by atoms with Crippen LogP contribution in [0, 0.1) is 6.92 Å². The van der Waals surface area contributed by atoms with Gasteiger partial charge < -0.3 is 19.1 Å². The van der Waals surface area contributed by atoms with Gasteiger partial charge in [0.05, 0.1) is 30.9 Å². The number of esters is 2. The summed E-state index contributed by atoms with van der Waals surface area (Å²) < 4.78 is 104. The van der Waals surface area contributed by atoms with E-state index in [4.69, 9.17) is 37.6 Å². The number of halogens is 3. The number of rotatable bonds is 19. The Morgan fingerprint density at radius 1 is 0.934 bits per heavy atom. The summed E-state index contributed by atoms with van der Waals surface area (Å²) in [5, 5.41) is 3.48. The Bertz CT molecular complexity index is 2510. The van der Waals surface area contributed by atoms with E-state index in [0.717, 1.165) is 35.3 Å². The molecular formula is C37H36F3N5O14P2. The van der Waals surface area contributed by atoms with Crippen LogP contribution in [0.3, 0.4) is 0 Å². The van der Waals surface area contributed by atoms with Gasteiger partial charge in [0.2, 0.25) is 0 Å². The van der Waals surface area contributed by atoms with Crippen molar-refractivity contribution in [2.45, 2.75) is 64.8 Å². The fraction of sp³-hybridized carbons (Fsp3) is 0.297. The highest BCUT2D eigenvalue weighted by Crippen LogP contribution is 2.64. The summed E-state index contributed by atoms with van der Waals surface area (Å²) in [5.41, 5.74) is 6.98. The Morgan fingerprint density at radius 3 is 2.08 bits per heavy atom. The number of azide groups is 1. The standard InChI is InChI=1S/C37H36F3N5O14P2/c1-3-4-5-33(46)56-28-14-6-24(7-15-28)20-54-61(52,55-21-25-8-16-29(17-9-25)57-35(48)26-10-12-27(13-11-26)37(38,39)40)59-60(50,51)53-22-31-30(43-44-41)18-32(58-31)45-19-23(2)34(47)42-36(45)49/h6-19,31-32H,3-5,20-22H2,1-2H3,(H,50,51)(H,42,47,49)/t31?,32-,61?/m1/s1. The number of nitrogens with zero attached hydrogens (tertiary/aromatic N) is 4. The van der Waals surface area contributed by atoms with Crippen LogP contribution in [-0.4, -0.2) is 39.1 Å². The molecule has 4 aromatic rings. The van der Waals surface area contributed by atoms with Crippen molar-refractivity contribution >= 4 is 27.6 Å². The minimum absolute atomic E-state index is 0.0248. The second kappa shape index (κ2) is 20.3. The van der Waals surface area contributed by atoms with E-state index in [1.807, 2.05) is 6.92 Å². The highest BCUT2D eigenvalue weighted by atomic mass is 31.3. The number of aryl methyl sites for hydroxylation is 1. The zero-order chi connectivity index (χ0) is 44.4. The molecule has 3 unspecified atom stereocenters. The number of alkyl halides is 3. The zero-order valence-electron chi connectivity index (χ0n) is 32.1. The molecule has 0 aliphatic carbocycles. The Labute approximate surface area is 343 Å². The minimum Gasteiger partial charge on any atom is -0.427 e. The fourth-order valence-corrected chi connectivity index (χ4v) is 7.79. The van der Waals surface area contributed by atoms with Crippen molar-refractivity contribution in [1.29, 1.82) is 0 Å². The molecule has 1 aromatic heterocycles. The van der Waals surface area contributed by atoms with Crippen molar-refractivity contribution in [3.05, 3.63) is 150 Å². The number of carbonyl (C=O) groups is 2. The molecule has 3 aromatic carbocycles. The lowest BCUT2D eigenvalue weighted by Gasteiger charge is -2.22. The summed E-state index contributed by atoms with van der Waals surface area (Å²) in [5.74, 6) is -1.20. The minimum atomic E-state index is -5.42. The highest BCUT2D eigenvalue weighted by molar-refractivity contribution is 7.61. The van der Waals surface area contributed by atoms with E-state index in [-0.39, 0.29) is 40.3 Å². The van der Waals surface area contributed by atoms with Gasteiger partial charge in [-0.3, -0.25) is 32.7 Å². The van der Waals surface area contributed by atoms with Gasteiger partial charge in [-0.2, -0.15) is 17.5 Å². The van der Waals surface area contributed by atoms with E-state index in [0.29, 0.717) is 12.0 Å². The summed E-state index contributed by atoms with van der Waals surface area (Å²) in [6.45, 7) is 1.35. The lowest BCUT2D eigenvalue weighted by Crippen LogP contribution is -2.33. The van der Waals surface area contributed by atoms with Gasteiger partial charge in [-0.15, -0.1) is 0 Å². The third-order valence-electron chi connectivity index (χ3n) is 8.37. The van der Waals surface area contributed by atoms with Gasteiger partial charge in [0.1, 0.15) is 17.6 Å². The molecule has 0 amide bonds. The van der Waals surface area contributed by atoms with Crippen LogP contribution in [0.15, 0.2) is 105 Å². The van der Waals surface area contributed by atoms with Crippen LogP contribution >= 0.6 is 15.6 Å². The average Bonchev–Trinajstić information content (AvgIpc) is 3.62. The monoisotopic (exact) mass is 893 g/mol. The molecule has 19 nitrogen and oxygen atoms in total. The Hall–Kier alpha value is -5.66. The third-order valence-corrected chi connectivity index (χ3v) is 11.4. The maximum atomic E-state index is 14.0. The molecule has 5 rings (SSSR count). The van der Waals surface area contributed by atoms with Crippen LogP contribution in [0.4, 0.5) is 13.2 Å². The topological polar surface area (TPSA) is 257 Å². The lowest BCUT2D eigenvalue weighted by atomic mass is 10.1. The lowest BCUT2D eigenvalue weighted by molar-refractivity contribution is -0.137. The number of hydrogen-bond acceptors (Lipinski definition) is 14. The number of hydrogen-bond donors (Lipinski definition) is 2. The average molecular weight is 894 g/mol. The number of phosphoric ester groups is 2. The number of unbranched alkanes of at least 4 members (excludes halogenated alkanes) is 1. The molecule has 1 aliphatic rings. The largest absolute Gasteiger partial charge is 0.484 e. The quantitative estimate of drug-likeness (QED) is 0.0226. The predicted octanol–water partition coefficient (Wildman–Crippen LogP) is 7.95. The van der Waals surface area contributed by atoms with Crippen molar-refractivity contribution in [1.82, 2.24) is 9.55 Å². The highest BCUT2D eigenvalue weighted by Gasteiger charge is 2.40. The molecular weight excluding hydrogens is 857 g/mol. The van der Waals surface area contributed by atoms with Crippen molar-refractivity contribution in [2.24, 2.45) is 5.11 Å². The maximum Gasteiger partial charge on any atom is 0.484 e. The number of phosphoric acid groups is 2. The molecule has 2 N–H and O–H groups in total. The molecule has 0 radical (unpaired) electrons. The van der Waals surface area contributed by atoms with Crippen LogP contribution in [-0.2, 0) is 55.9 Å². The molecule has 0 fully saturated rings. The van der Waals surface area contributed by atoms with Crippen molar-refractivity contribution in [2.75, 3.05) is 6.61 Å². The second-order valence-corrected chi connectivity index (χ2v) is 16.2. The Morgan fingerprint density at radius 2 is 1.52 bits per heavy atom. The van der Waals surface area contributed by atoms with Gasteiger partial charge in [-0.25, -0.2) is 18.7 Å². The number of aromatic nitrogens is 2. The molecule has 0 saturated carbocycles. The van der Waals surface area contributed by atoms with Gasteiger partial charge in [0.25, 0.3) is 5.56 Å². The number of carbonyl (C=O) groups excluding carboxylic acids is 2. The van der Waals surface area contributed by atoms with Crippen molar-refractivity contribution in [3.8, 4) is 11.5 Å². The smallest absolute Gasteiger partial charge is 0.427 e. The predicted molar refractivity (Wildman–Crippen MR) is 206 cm³/mol. The fourth-order valence-electron chi connectivity index (χ4n) is 5.20. The molecule has 0 saturated heterocycles. The van der Waals surface area contributed by atoms with Crippen LogP contribution in [0.5, 0.6) is 11.5 Å². The van der Waals surface area contributed by atoms with Gasteiger partial charge >= 0.3 is 39.5 Å². The number of benzene rings is 3. The van der Waals surface area contributed by atoms with E-state index in [1.165, 1.54) is 67.7 Å². The summed E-state index contributed by atoms with van der Waals surface area (Å²) in [4.78, 5) is 64.3. The first kappa shape index (κ1) is 46.4. The van der Waals surface area contributed by atoms with E-state index in [9.17, 15) is 46.4 Å². The molecule has 0 bridgehead atoms. The van der Waals surface area contributed by atoms with Crippen LogP contribution < -0.4 is 20.7 Å². The van der Waals surface area contributed by atoms with Crippen LogP contribution in [0.2, 0.25) is 0 Å². The summed E-state index contributed by atoms with van der Waals surface area (Å²) in [6.07, 6.45) is -3.21. The first-order valence-electron chi connectivity index (χ1n) is 18.0. The molecule has 1 aliphatic heterocycles. The first-order chi connectivity index (χ1) is 28.9. The molecule has 61 heavy (non-hydrogen) atoms. The molecule has 324 valence electrons.